The summed E-state index contributed by atoms with van der Waals surface area (Å²) < 4.78 is 9.80. The Labute approximate surface area is 130 Å². The summed E-state index contributed by atoms with van der Waals surface area (Å²) in [6.45, 7) is 2.25. The molecular weight excluding hydrogens is 286 g/mol. The summed E-state index contributed by atoms with van der Waals surface area (Å²) in [6, 6.07) is 3.12. The molecule has 1 aromatic heterocycles. The van der Waals surface area contributed by atoms with Crippen LogP contribution in [0, 0.1) is 0 Å². The number of rotatable bonds is 10. The van der Waals surface area contributed by atoms with E-state index in [1.807, 2.05) is 0 Å². The molecule has 1 aromatic rings. The van der Waals surface area contributed by atoms with Crippen molar-refractivity contribution < 1.29 is 19.1 Å². The number of carbonyl (C=O) groups is 2. The number of carbonyl (C=O) groups excluding carboxylic acids is 2. The van der Waals surface area contributed by atoms with E-state index >= 15 is 0 Å². The van der Waals surface area contributed by atoms with E-state index in [1.54, 1.807) is 20.3 Å². The van der Waals surface area contributed by atoms with Crippen molar-refractivity contribution in [3.63, 3.8) is 0 Å². The van der Waals surface area contributed by atoms with Crippen molar-refractivity contribution in [1.82, 2.24) is 15.6 Å². The molecule has 0 aliphatic carbocycles. The fraction of sp³-hybridized carbons (Fsp3) is 0.533. The summed E-state index contributed by atoms with van der Waals surface area (Å²) in [4.78, 5) is 27.6. The summed E-state index contributed by atoms with van der Waals surface area (Å²) in [5.41, 5.74) is 0.710. The second-order valence-electron chi connectivity index (χ2n) is 4.64. The van der Waals surface area contributed by atoms with Gasteiger partial charge in [0.2, 0.25) is 0 Å². The van der Waals surface area contributed by atoms with Crippen molar-refractivity contribution >= 4 is 11.8 Å². The number of methoxy groups -OCH3 is 2. The fourth-order valence-electron chi connectivity index (χ4n) is 1.69. The predicted molar refractivity (Wildman–Crippen MR) is 81.9 cm³/mol. The second-order valence-corrected chi connectivity index (χ2v) is 4.64. The van der Waals surface area contributed by atoms with Crippen molar-refractivity contribution in [1.29, 1.82) is 0 Å². The molecule has 2 amide bonds. The average Bonchev–Trinajstić information content (AvgIpc) is 2.55. The number of pyridine rings is 1. The lowest BCUT2D eigenvalue weighted by Crippen LogP contribution is -2.27. The number of nitrogens with zero attached hydrogens (tertiary/aromatic N) is 1. The normalized spacial score (nSPS) is 10.3. The SMILES string of the molecule is COCCCNC(=O)c1ccc(C(=O)NCCCOC)nc1. The summed E-state index contributed by atoms with van der Waals surface area (Å²) in [7, 11) is 3.23. The van der Waals surface area contributed by atoms with Crippen LogP contribution in [0.4, 0.5) is 0 Å². The van der Waals surface area contributed by atoms with Gasteiger partial charge in [-0.25, -0.2) is 0 Å². The molecule has 0 aromatic carbocycles. The molecule has 1 rings (SSSR count). The maximum Gasteiger partial charge on any atom is 0.269 e. The Hall–Kier alpha value is -1.99. The van der Waals surface area contributed by atoms with Crippen LogP contribution in [0.3, 0.4) is 0 Å². The van der Waals surface area contributed by atoms with Gasteiger partial charge in [-0.15, -0.1) is 0 Å². The van der Waals surface area contributed by atoms with E-state index < -0.39 is 0 Å². The lowest BCUT2D eigenvalue weighted by molar-refractivity contribution is 0.0932. The van der Waals surface area contributed by atoms with Crippen LogP contribution >= 0.6 is 0 Å². The molecule has 0 saturated heterocycles. The van der Waals surface area contributed by atoms with Crippen molar-refractivity contribution in [3.05, 3.63) is 29.6 Å². The lowest BCUT2D eigenvalue weighted by atomic mass is 10.2. The summed E-state index contributed by atoms with van der Waals surface area (Å²) >= 11 is 0. The first-order valence-corrected chi connectivity index (χ1v) is 7.19. The summed E-state index contributed by atoms with van der Waals surface area (Å²) in [5, 5.41) is 5.49. The van der Waals surface area contributed by atoms with Crippen molar-refractivity contribution in [2.75, 3.05) is 40.5 Å². The molecular formula is C15H23N3O4. The van der Waals surface area contributed by atoms with E-state index in [0.29, 0.717) is 31.9 Å². The zero-order chi connectivity index (χ0) is 16.2. The predicted octanol–water partition coefficient (Wildman–Crippen LogP) is 0.614. The van der Waals surface area contributed by atoms with E-state index in [2.05, 4.69) is 15.6 Å². The van der Waals surface area contributed by atoms with Crippen LogP contribution in [0.15, 0.2) is 18.3 Å². The Kier molecular flexibility index (Phi) is 8.78. The Morgan fingerprint density at radius 3 is 2.09 bits per heavy atom. The third kappa shape index (κ3) is 6.64. The number of hydrogen-bond acceptors (Lipinski definition) is 5. The number of hydrogen-bond donors (Lipinski definition) is 2. The standard InChI is InChI=1S/C15H23N3O4/c1-21-9-3-7-16-14(19)12-5-6-13(18-11-12)15(20)17-8-4-10-22-2/h5-6,11H,3-4,7-10H2,1-2H3,(H,16,19)(H,17,20). The molecule has 0 atom stereocenters. The van der Waals surface area contributed by atoms with E-state index in [0.717, 1.165) is 12.8 Å². The molecule has 22 heavy (non-hydrogen) atoms. The van der Waals surface area contributed by atoms with Gasteiger partial charge in [0, 0.05) is 46.7 Å². The summed E-state index contributed by atoms with van der Waals surface area (Å²) in [6.07, 6.45) is 2.89. The van der Waals surface area contributed by atoms with E-state index in [9.17, 15) is 9.59 Å². The maximum atomic E-state index is 11.8. The molecule has 0 radical (unpaired) electrons. The molecule has 0 fully saturated rings. The van der Waals surface area contributed by atoms with E-state index in [-0.39, 0.29) is 17.5 Å². The van der Waals surface area contributed by atoms with Gasteiger partial charge in [-0.2, -0.15) is 0 Å². The molecule has 2 N–H and O–H groups in total. The molecule has 7 nitrogen and oxygen atoms in total. The van der Waals surface area contributed by atoms with Gasteiger partial charge >= 0.3 is 0 Å². The molecule has 122 valence electrons. The van der Waals surface area contributed by atoms with Gasteiger partial charge in [-0.3, -0.25) is 14.6 Å². The van der Waals surface area contributed by atoms with Crippen LogP contribution in [0.1, 0.15) is 33.7 Å². The third-order valence-electron chi connectivity index (χ3n) is 2.88. The highest BCUT2D eigenvalue weighted by atomic mass is 16.5. The Morgan fingerprint density at radius 1 is 1.00 bits per heavy atom. The van der Waals surface area contributed by atoms with Gasteiger partial charge in [0.25, 0.3) is 11.8 Å². The van der Waals surface area contributed by atoms with Crippen LogP contribution < -0.4 is 10.6 Å². The van der Waals surface area contributed by atoms with Crippen molar-refractivity contribution in [3.8, 4) is 0 Å². The minimum atomic E-state index is -0.261. The van der Waals surface area contributed by atoms with Crippen LogP contribution in [-0.2, 0) is 9.47 Å². The largest absolute Gasteiger partial charge is 0.385 e. The molecule has 0 aliphatic heterocycles. The molecule has 0 bridgehead atoms. The Bertz CT molecular complexity index is 419. The van der Waals surface area contributed by atoms with E-state index in [4.69, 9.17) is 9.47 Å². The third-order valence-corrected chi connectivity index (χ3v) is 2.88. The fourth-order valence-corrected chi connectivity index (χ4v) is 1.69. The number of ether oxygens (including phenoxy) is 2. The van der Waals surface area contributed by atoms with E-state index in [1.165, 1.54) is 12.3 Å². The number of nitrogens with one attached hydrogen (secondary N) is 2. The number of aromatic nitrogens is 1. The highest BCUT2D eigenvalue weighted by molar-refractivity contribution is 5.96. The van der Waals surface area contributed by atoms with Gasteiger partial charge in [0.1, 0.15) is 5.69 Å². The highest BCUT2D eigenvalue weighted by Crippen LogP contribution is 2.01. The monoisotopic (exact) mass is 309 g/mol. The molecule has 7 heteroatoms. The van der Waals surface area contributed by atoms with Crippen LogP contribution in [-0.4, -0.2) is 57.3 Å². The van der Waals surface area contributed by atoms with Crippen LogP contribution in [0.25, 0.3) is 0 Å². The maximum absolute atomic E-state index is 11.8. The van der Waals surface area contributed by atoms with Gasteiger partial charge in [-0.1, -0.05) is 0 Å². The minimum Gasteiger partial charge on any atom is -0.385 e. The smallest absolute Gasteiger partial charge is 0.269 e. The van der Waals surface area contributed by atoms with Gasteiger partial charge in [-0.05, 0) is 25.0 Å². The Balaban J connectivity index is 2.41. The molecule has 0 spiro atoms. The first kappa shape index (κ1) is 18.1. The Morgan fingerprint density at radius 2 is 1.59 bits per heavy atom. The van der Waals surface area contributed by atoms with Gasteiger partial charge < -0.3 is 20.1 Å². The first-order chi connectivity index (χ1) is 10.7. The summed E-state index contributed by atoms with van der Waals surface area (Å²) in [5.74, 6) is -0.473. The molecule has 0 aliphatic rings. The van der Waals surface area contributed by atoms with Crippen LogP contribution in [0.5, 0.6) is 0 Å². The van der Waals surface area contributed by atoms with Gasteiger partial charge in [0.05, 0.1) is 5.56 Å². The quantitative estimate of drug-likeness (QED) is 0.618. The zero-order valence-corrected chi connectivity index (χ0v) is 13.1. The molecule has 1 heterocycles. The topological polar surface area (TPSA) is 89.5 Å². The minimum absolute atomic E-state index is 0.212. The average molecular weight is 309 g/mol. The van der Waals surface area contributed by atoms with Crippen molar-refractivity contribution in [2.45, 2.75) is 12.8 Å². The zero-order valence-electron chi connectivity index (χ0n) is 13.1. The first-order valence-electron chi connectivity index (χ1n) is 7.19. The number of amides is 2. The van der Waals surface area contributed by atoms with Crippen LogP contribution in [0.2, 0.25) is 0 Å². The molecule has 0 saturated carbocycles. The highest BCUT2D eigenvalue weighted by Gasteiger charge is 2.09. The second kappa shape index (κ2) is 10.7. The van der Waals surface area contributed by atoms with Gasteiger partial charge in [0.15, 0.2) is 0 Å². The van der Waals surface area contributed by atoms with Crippen molar-refractivity contribution in [2.24, 2.45) is 0 Å². The lowest BCUT2D eigenvalue weighted by Gasteiger charge is -2.06. The molecule has 0 unspecified atom stereocenters.